The Morgan fingerprint density at radius 1 is 1.18 bits per heavy atom. The maximum atomic E-state index is 14.4. The highest BCUT2D eigenvalue weighted by Gasteiger charge is 2.32. The smallest absolute Gasteiger partial charge is 0.267 e. The van der Waals surface area contributed by atoms with Gasteiger partial charge in [0.25, 0.3) is 6.43 Å². The van der Waals surface area contributed by atoms with Gasteiger partial charge < -0.3 is 9.47 Å². The number of alkyl halides is 2. The van der Waals surface area contributed by atoms with Crippen LogP contribution in [0.25, 0.3) is 11.1 Å². The highest BCUT2D eigenvalue weighted by molar-refractivity contribution is 5.69. The summed E-state index contributed by atoms with van der Waals surface area (Å²) in [5.74, 6) is -0.865. The average molecular weight is 308 g/mol. The lowest BCUT2D eigenvalue weighted by molar-refractivity contribution is 0.146. The number of halogens is 3. The van der Waals surface area contributed by atoms with Crippen molar-refractivity contribution < 1.29 is 22.6 Å². The Morgan fingerprint density at radius 2 is 1.86 bits per heavy atom. The second kappa shape index (κ2) is 6.10. The van der Waals surface area contributed by atoms with E-state index in [9.17, 15) is 13.2 Å². The van der Waals surface area contributed by atoms with Crippen molar-refractivity contribution in [1.82, 2.24) is 0 Å². The van der Waals surface area contributed by atoms with Crippen molar-refractivity contribution >= 4 is 0 Å². The second-order valence-electron chi connectivity index (χ2n) is 5.18. The van der Waals surface area contributed by atoms with Crippen LogP contribution in [0.5, 0.6) is 0 Å². The molecule has 1 aliphatic rings. The molecule has 1 atom stereocenters. The van der Waals surface area contributed by atoms with Crippen LogP contribution in [0.4, 0.5) is 13.2 Å². The summed E-state index contributed by atoms with van der Waals surface area (Å²) in [4.78, 5) is 0. The zero-order valence-electron chi connectivity index (χ0n) is 12.0. The Hall–Kier alpha value is -1.85. The lowest BCUT2D eigenvalue weighted by Gasteiger charge is -2.13. The van der Waals surface area contributed by atoms with Crippen LogP contribution in [0, 0.1) is 5.82 Å². The van der Waals surface area contributed by atoms with E-state index >= 15 is 0 Å². The number of methoxy groups -OCH3 is 1. The van der Waals surface area contributed by atoms with Gasteiger partial charge in [0, 0.05) is 12.7 Å². The molecule has 1 heterocycles. The Kier molecular flexibility index (Phi) is 4.18. The van der Waals surface area contributed by atoms with Gasteiger partial charge in [0.2, 0.25) is 0 Å². The monoisotopic (exact) mass is 308 g/mol. The van der Waals surface area contributed by atoms with Crippen molar-refractivity contribution in [2.45, 2.75) is 19.1 Å². The van der Waals surface area contributed by atoms with Gasteiger partial charge in [-0.2, -0.15) is 0 Å². The molecular weight excluding hydrogens is 293 g/mol. The molecule has 3 rings (SSSR count). The van der Waals surface area contributed by atoms with Crippen LogP contribution >= 0.6 is 0 Å². The van der Waals surface area contributed by atoms with Crippen molar-refractivity contribution in [3.05, 3.63) is 58.9 Å². The van der Waals surface area contributed by atoms with Crippen LogP contribution in [0.2, 0.25) is 0 Å². The van der Waals surface area contributed by atoms with Gasteiger partial charge in [-0.15, -0.1) is 0 Å². The molecule has 116 valence electrons. The summed E-state index contributed by atoms with van der Waals surface area (Å²) in [7, 11) is 1.58. The first kappa shape index (κ1) is 15.1. The van der Waals surface area contributed by atoms with E-state index in [-0.39, 0.29) is 11.1 Å². The topological polar surface area (TPSA) is 21.8 Å². The van der Waals surface area contributed by atoms with Crippen LogP contribution in [0.15, 0.2) is 36.4 Å². The SMILES string of the molecule is COCc1ccc(-c2ccc(C3CO3)c(F)c2C(F)F)cc1. The van der Waals surface area contributed by atoms with Gasteiger partial charge in [-0.25, -0.2) is 13.2 Å². The third-order valence-corrected chi connectivity index (χ3v) is 3.68. The standard InChI is InChI=1S/C17H15F3O2/c1-21-8-10-2-4-11(5-3-10)12-6-7-13(14-9-22-14)16(18)15(12)17(19)20/h2-7,14,17H,8-9H2,1H3. The highest BCUT2D eigenvalue weighted by Crippen LogP contribution is 2.40. The molecule has 5 heteroatoms. The summed E-state index contributed by atoms with van der Waals surface area (Å²) < 4.78 is 51.1. The summed E-state index contributed by atoms with van der Waals surface area (Å²) in [6.45, 7) is 0.818. The fraction of sp³-hybridized carbons (Fsp3) is 0.294. The van der Waals surface area contributed by atoms with Crippen molar-refractivity contribution in [3.8, 4) is 11.1 Å². The number of benzene rings is 2. The normalized spacial score (nSPS) is 17.0. The highest BCUT2D eigenvalue weighted by atomic mass is 19.3. The van der Waals surface area contributed by atoms with Gasteiger partial charge in [0.15, 0.2) is 0 Å². The fourth-order valence-corrected chi connectivity index (χ4v) is 2.50. The van der Waals surface area contributed by atoms with Gasteiger partial charge >= 0.3 is 0 Å². The third kappa shape index (κ3) is 2.87. The van der Waals surface area contributed by atoms with E-state index in [1.54, 1.807) is 31.4 Å². The predicted octanol–water partition coefficient (Wildman–Crippen LogP) is 4.65. The first-order valence-electron chi connectivity index (χ1n) is 6.92. The molecule has 1 aliphatic heterocycles. The van der Waals surface area contributed by atoms with E-state index in [0.717, 1.165) is 5.56 Å². The Morgan fingerprint density at radius 3 is 2.41 bits per heavy atom. The van der Waals surface area contributed by atoms with Crippen LogP contribution in [0.3, 0.4) is 0 Å². The van der Waals surface area contributed by atoms with Crippen molar-refractivity contribution in [2.24, 2.45) is 0 Å². The molecule has 0 saturated carbocycles. The molecule has 0 aliphatic carbocycles. The van der Waals surface area contributed by atoms with E-state index in [0.29, 0.717) is 18.8 Å². The molecule has 1 fully saturated rings. The van der Waals surface area contributed by atoms with E-state index in [4.69, 9.17) is 9.47 Å². The van der Waals surface area contributed by atoms with E-state index in [1.807, 2.05) is 0 Å². The Labute approximate surface area is 126 Å². The Balaban J connectivity index is 2.03. The lowest BCUT2D eigenvalue weighted by Crippen LogP contribution is -2.00. The zero-order chi connectivity index (χ0) is 15.7. The molecule has 0 N–H and O–H groups in total. The van der Waals surface area contributed by atoms with Crippen LogP contribution in [0.1, 0.15) is 29.2 Å². The van der Waals surface area contributed by atoms with Crippen LogP contribution in [-0.2, 0) is 16.1 Å². The van der Waals surface area contributed by atoms with Gasteiger partial charge in [-0.3, -0.25) is 0 Å². The van der Waals surface area contributed by atoms with Crippen molar-refractivity contribution in [3.63, 3.8) is 0 Å². The quantitative estimate of drug-likeness (QED) is 0.750. The second-order valence-corrected chi connectivity index (χ2v) is 5.18. The molecule has 2 aromatic rings. The van der Waals surface area contributed by atoms with Crippen molar-refractivity contribution in [1.29, 1.82) is 0 Å². The average Bonchev–Trinajstić information content (AvgIpc) is 3.32. The summed E-state index contributed by atoms with van der Waals surface area (Å²) in [6.07, 6.45) is -3.28. The zero-order valence-corrected chi connectivity index (χ0v) is 12.0. The molecule has 0 radical (unpaired) electrons. The molecule has 0 spiro atoms. The molecule has 22 heavy (non-hydrogen) atoms. The Bertz CT molecular complexity index is 664. The predicted molar refractivity (Wildman–Crippen MR) is 76.2 cm³/mol. The maximum absolute atomic E-state index is 14.4. The van der Waals surface area contributed by atoms with E-state index in [2.05, 4.69) is 0 Å². The minimum atomic E-state index is -2.88. The first-order valence-corrected chi connectivity index (χ1v) is 6.92. The molecule has 2 aromatic carbocycles. The van der Waals surface area contributed by atoms with Gasteiger partial charge in [-0.1, -0.05) is 36.4 Å². The number of ether oxygens (including phenoxy) is 2. The largest absolute Gasteiger partial charge is 0.380 e. The summed E-state index contributed by atoms with van der Waals surface area (Å²) >= 11 is 0. The number of rotatable bonds is 5. The molecular formula is C17H15F3O2. The van der Waals surface area contributed by atoms with Crippen LogP contribution < -0.4 is 0 Å². The number of hydrogen-bond donors (Lipinski definition) is 0. The minimum absolute atomic E-state index is 0.204. The minimum Gasteiger partial charge on any atom is -0.380 e. The van der Waals surface area contributed by atoms with Crippen molar-refractivity contribution in [2.75, 3.05) is 13.7 Å². The fourth-order valence-electron chi connectivity index (χ4n) is 2.50. The van der Waals surface area contributed by atoms with Gasteiger partial charge in [0.05, 0.1) is 18.8 Å². The van der Waals surface area contributed by atoms with Crippen LogP contribution in [-0.4, -0.2) is 13.7 Å². The number of hydrogen-bond acceptors (Lipinski definition) is 2. The molecule has 1 saturated heterocycles. The summed E-state index contributed by atoms with van der Waals surface area (Å²) in [6, 6.07) is 10.0. The van der Waals surface area contributed by atoms with Gasteiger partial charge in [0.1, 0.15) is 11.9 Å². The van der Waals surface area contributed by atoms with Gasteiger partial charge in [-0.05, 0) is 16.7 Å². The first-order chi connectivity index (χ1) is 10.6. The maximum Gasteiger partial charge on any atom is 0.267 e. The molecule has 1 unspecified atom stereocenters. The molecule has 0 amide bonds. The number of epoxide rings is 1. The summed E-state index contributed by atoms with van der Waals surface area (Å²) in [5, 5.41) is 0. The summed E-state index contributed by atoms with van der Waals surface area (Å²) in [5.41, 5.74) is 1.33. The van der Waals surface area contributed by atoms with E-state index in [1.165, 1.54) is 12.1 Å². The lowest BCUT2D eigenvalue weighted by atomic mass is 9.95. The van der Waals surface area contributed by atoms with E-state index < -0.39 is 23.9 Å². The third-order valence-electron chi connectivity index (χ3n) is 3.68. The molecule has 2 nitrogen and oxygen atoms in total. The molecule has 0 aromatic heterocycles. The molecule has 0 bridgehead atoms.